The average molecular weight is 261 g/mol. The van der Waals surface area contributed by atoms with Crippen molar-refractivity contribution < 1.29 is 9.84 Å². The fourth-order valence-corrected chi connectivity index (χ4v) is 3.82. The van der Waals surface area contributed by atoms with Gasteiger partial charge in [0.05, 0.1) is 6.10 Å². The second-order valence-corrected chi connectivity index (χ2v) is 6.53. The Morgan fingerprint density at radius 3 is 2.95 bits per heavy atom. The summed E-state index contributed by atoms with van der Waals surface area (Å²) in [6.07, 6.45) is 1.58. The summed E-state index contributed by atoms with van der Waals surface area (Å²) in [5, 5.41) is 13.3. The van der Waals surface area contributed by atoms with E-state index in [4.69, 9.17) is 4.74 Å². The van der Waals surface area contributed by atoms with Gasteiger partial charge < -0.3 is 15.2 Å². The summed E-state index contributed by atoms with van der Waals surface area (Å²) in [6.45, 7) is 7.63. The molecule has 0 bridgehead atoms. The first-order valence-corrected chi connectivity index (χ1v) is 7.16. The molecular weight excluding hydrogens is 238 g/mol. The molecule has 1 heterocycles. The van der Waals surface area contributed by atoms with Crippen molar-refractivity contribution in [3.63, 3.8) is 0 Å². The quantitative estimate of drug-likeness (QED) is 0.879. The standard InChI is InChI=1S/C16H23NO2/c1-10(11-5-4-6-12(18)9-11)17-14-13-7-8-19-15(13)16(14,2)3/h4-6,9-10,13-15,17-18H,7-8H2,1-3H3. The number of benzene rings is 1. The molecule has 0 aromatic heterocycles. The van der Waals surface area contributed by atoms with Crippen LogP contribution < -0.4 is 5.32 Å². The maximum absolute atomic E-state index is 9.57. The molecule has 3 rings (SSSR count). The maximum Gasteiger partial charge on any atom is 0.115 e. The highest BCUT2D eigenvalue weighted by molar-refractivity contribution is 5.29. The molecule has 2 fully saturated rings. The molecule has 4 atom stereocenters. The summed E-state index contributed by atoms with van der Waals surface area (Å²) in [6, 6.07) is 8.26. The molecule has 3 heteroatoms. The largest absolute Gasteiger partial charge is 0.508 e. The van der Waals surface area contributed by atoms with Crippen LogP contribution in [-0.4, -0.2) is 23.9 Å². The Morgan fingerprint density at radius 1 is 1.42 bits per heavy atom. The second kappa shape index (κ2) is 4.50. The van der Waals surface area contributed by atoms with Gasteiger partial charge in [-0.1, -0.05) is 26.0 Å². The molecule has 3 nitrogen and oxygen atoms in total. The van der Waals surface area contributed by atoms with Crippen LogP contribution in [0.15, 0.2) is 24.3 Å². The van der Waals surface area contributed by atoms with Gasteiger partial charge in [-0.25, -0.2) is 0 Å². The first-order chi connectivity index (χ1) is 9.00. The Bertz CT molecular complexity index is 472. The minimum absolute atomic E-state index is 0.201. The number of hydrogen-bond donors (Lipinski definition) is 2. The number of rotatable bonds is 3. The van der Waals surface area contributed by atoms with E-state index in [0.717, 1.165) is 12.2 Å². The Kier molecular flexibility index (Phi) is 3.06. The first-order valence-electron chi connectivity index (χ1n) is 7.16. The summed E-state index contributed by atoms with van der Waals surface area (Å²) in [7, 11) is 0. The Balaban J connectivity index is 1.71. The molecule has 19 heavy (non-hydrogen) atoms. The van der Waals surface area contributed by atoms with Crippen LogP contribution in [-0.2, 0) is 4.74 Å². The van der Waals surface area contributed by atoms with Gasteiger partial charge in [0.1, 0.15) is 5.75 Å². The highest BCUT2D eigenvalue weighted by atomic mass is 16.5. The predicted molar refractivity (Wildman–Crippen MR) is 75.1 cm³/mol. The van der Waals surface area contributed by atoms with Crippen LogP contribution >= 0.6 is 0 Å². The third-order valence-electron chi connectivity index (χ3n) is 4.90. The maximum atomic E-state index is 9.57. The van der Waals surface area contributed by atoms with Gasteiger partial charge in [-0.05, 0) is 31.0 Å². The highest BCUT2D eigenvalue weighted by Crippen LogP contribution is 2.52. The zero-order valence-electron chi connectivity index (χ0n) is 11.9. The van der Waals surface area contributed by atoms with Gasteiger partial charge in [0.15, 0.2) is 0 Å². The van der Waals surface area contributed by atoms with Crippen LogP contribution in [0, 0.1) is 11.3 Å². The normalized spacial score (nSPS) is 33.5. The van der Waals surface area contributed by atoms with Crippen LogP contribution in [0.2, 0.25) is 0 Å². The molecule has 0 spiro atoms. The molecule has 0 amide bonds. The van der Waals surface area contributed by atoms with E-state index >= 15 is 0 Å². The molecule has 104 valence electrons. The molecule has 1 aromatic carbocycles. The fraction of sp³-hybridized carbons (Fsp3) is 0.625. The number of phenolic OH excluding ortho intramolecular Hbond substituents is 1. The molecule has 4 unspecified atom stereocenters. The van der Waals surface area contributed by atoms with E-state index < -0.39 is 0 Å². The number of hydrogen-bond acceptors (Lipinski definition) is 3. The van der Waals surface area contributed by atoms with Crippen LogP contribution in [0.25, 0.3) is 0 Å². The Labute approximate surface area is 115 Å². The van der Waals surface area contributed by atoms with Crippen molar-refractivity contribution >= 4 is 0 Å². The van der Waals surface area contributed by atoms with Crippen LogP contribution in [0.3, 0.4) is 0 Å². The summed E-state index contributed by atoms with van der Waals surface area (Å²) < 4.78 is 5.82. The molecule has 1 aromatic rings. The highest BCUT2D eigenvalue weighted by Gasteiger charge is 2.59. The van der Waals surface area contributed by atoms with Crippen LogP contribution in [0.5, 0.6) is 5.75 Å². The van der Waals surface area contributed by atoms with Gasteiger partial charge in [0.2, 0.25) is 0 Å². The average Bonchev–Trinajstić information content (AvgIpc) is 2.82. The lowest BCUT2D eigenvalue weighted by Gasteiger charge is -2.55. The minimum Gasteiger partial charge on any atom is -0.508 e. The smallest absolute Gasteiger partial charge is 0.115 e. The third kappa shape index (κ3) is 2.05. The third-order valence-corrected chi connectivity index (χ3v) is 4.90. The molecule has 2 aliphatic rings. The number of phenols is 1. The minimum atomic E-state index is 0.201. The van der Waals surface area contributed by atoms with Gasteiger partial charge >= 0.3 is 0 Å². The topological polar surface area (TPSA) is 41.5 Å². The van der Waals surface area contributed by atoms with Gasteiger partial charge in [-0.2, -0.15) is 0 Å². The molecule has 1 aliphatic heterocycles. The molecule has 2 N–H and O–H groups in total. The fourth-order valence-electron chi connectivity index (χ4n) is 3.82. The number of ether oxygens (including phenoxy) is 1. The molecule has 1 aliphatic carbocycles. The lowest BCUT2D eigenvalue weighted by Crippen LogP contribution is -2.66. The summed E-state index contributed by atoms with van der Waals surface area (Å²) in [4.78, 5) is 0. The number of aromatic hydroxyl groups is 1. The van der Waals surface area contributed by atoms with Crippen molar-refractivity contribution in [2.24, 2.45) is 11.3 Å². The van der Waals surface area contributed by atoms with Crippen LogP contribution in [0.1, 0.15) is 38.8 Å². The van der Waals surface area contributed by atoms with E-state index in [2.05, 4.69) is 32.2 Å². The second-order valence-electron chi connectivity index (χ2n) is 6.53. The van der Waals surface area contributed by atoms with Crippen molar-refractivity contribution in [3.8, 4) is 5.75 Å². The predicted octanol–water partition coefficient (Wildman–Crippen LogP) is 2.86. The van der Waals surface area contributed by atoms with Crippen LogP contribution in [0.4, 0.5) is 0 Å². The van der Waals surface area contributed by atoms with Gasteiger partial charge in [-0.3, -0.25) is 0 Å². The van der Waals surface area contributed by atoms with Gasteiger partial charge in [-0.15, -0.1) is 0 Å². The van der Waals surface area contributed by atoms with E-state index in [9.17, 15) is 5.11 Å². The number of fused-ring (bicyclic) bond motifs is 1. The molecular formula is C16H23NO2. The van der Waals surface area contributed by atoms with E-state index in [1.165, 1.54) is 6.42 Å². The van der Waals surface area contributed by atoms with Crippen molar-refractivity contribution in [1.29, 1.82) is 0 Å². The van der Waals surface area contributed by atoms with Crippen molar-refractivity contribution in [2.75, 3.05) is 6.61 Å². The van der Waals surface area contributed by atoms with Crippen molar-refractivity contribution in [1.82, 2.24) is 5.32 Å². The van der Waals surface area contributed by atoms with E-state index in [-0.39, 0.29) is 11.5 Å². The zero-order valence-corrected chi connectivity index (χ0v) is 11.9. The zero-order chi connectivity index (χ0) is 13.6. The summed E-state index contributed by atoms with van der Waals surface area (Å²) in [5.74, 6) is 0.982. The SMILES string of the molecule is CC(NC1C2CCOC2C1(C)C)c1cccc(O)c1. The monoisotopic (exact) mass is 261 g/mol. The van der Waals surface area contributed by atoms with Crippen molar-refractivity contribution in [2.45, 2.75) is 45.4 Å². The molecule has 0 radical (unpaired) electrons. The Morgan fingerprint density at radius 2 is 2.21 bits per heavy atom. The lowest BCUT2D eigenvalue weighted by molar-refractivity contribution is -0.115. The van der Waals surface area contributed by atoms with E-state index in [1.807, 2.05) is 12.1 Å². The molecule has 1 saturated carbocycles. The van der Waals surface area contributed by atoms with E-state index in [0.29, 0.717) is 23.8 Å². The first kappa shape index (κ1) is 12.9. The van der Waals surface area contributed by atoms with Crippen molar-refractivity contribution in [3.05, 3.63) is 29.8 Å². The summed E-state index contributed by atoms with van der Waals surface area (Å²) >= 11 is 0. The van der Waals surface area contributed by atoms with Gasteiger partial charge in [0.25, 0.3) is 0 Å². The Hall–Kier alpha value is -1.06. The number of nitrogens with one attached hydrogen (secondary N) is 1. The summed E-state index contributed by atoms with van der Waals surface area (Å²) in [5.41, 5.74) is 1.34. The lowest BCUT2D eigenvalue weighted by atomic mass is 9.57. The van der Waals surface area contributed by atoms with Gasteiger partial charge in [0, 0.05) is 30.0 Å². The van der Waals surface area contributed by atoms with E-state index in [1.54, 1.807) is 6.07 Å². The molecule has 1 saturated heterocycles.